The molecule has 7 heteroatoms. The van der Waals surface area contributed by atoms with Crippen LogP contribution in [0.25, 0.3) is 0 Å². The summed E-state index contributed by atoms with van der Waals surface area (Å²) in [7, 11) is -3.34. The molecule has 39 heavy (non-hydrogen) atoms. The zero-order valence-corrected chi connectivity index (χ0v) is 28.3. The lowest BCUT2D eigenvalue weighted by molar-refractivity contribution is -0.164. The molecule has 0 bridgehead atoms. The molecule has 2 heterocycles. The van der Waals surface area contributed by atoms with E-state index in [9.17, 15) is 0 Å². The van der Waals surface area contributed by atoms with Crippen molar-refractivity contribution in [2.45, 2.75) is 180 Å². The van der Waals surface area contributed by atoms with Crippen molar-refractivity contribution in [3.63, 3.8) is 0 Å². The van der Waals surface area contributed by atoms with Gasteiger partial charge in [0.2, 0.25) is 0 Å². The van der Waals surface area contributed by atoms with E-state index in [-0.39, 0.29) is 36.6 Å². The summed E-state index contributed by atoms with van der Waals surface area (Å²) < 4.78 is 41.8. The zero-order valence-electron chi connectivity index (χ0n) is 27.3. The van der Waals surface area contributed by atoms with Gasteiger partial charge in [-0.25, -0.2) is 0 Å². The molecule has 0 amide bonds. The summed E-state index contributed by atoms with van der Waals surface area (Å²) in [5.74, 6) is 0. The summed E-state index contributed by atoms with van der Waals surface area (Å²) in [5.41, 5.74) is 0. The summed E-state index contributed by atoms with van der Waals surface area (Å²) in [4.78, 5) is 0. The molecule has 6 unspecified atom stereocenters. The first kappa shape index (κ1) is 35.2. The standard InChI is InChI=1S/C32H64O6Si/c1-11-15-21-33-27(9)31(19-13-3,29-17-23-35-29)39(37-25(5)6,38-26(7)8)32(20-14-4,30-18-24-36-30)28(10)34-22-16-12-2/h25-30H,11-24H2,1-10H3. The van der Waals surface area contributed by atoms with Crippen molar-refractivity contribution in [3.05, 3.63) is 0 Å². The third kappa shape index (κ3) is 7.31. The maximum absolute atomic E-state index is 7.55. The normalized spacial score (nSPS) is 24.6. The molecule has 2 aliphatic rings. The predicted octanol–water partition coefficient (Wildman–Crippen LogP) is 8.35. The third-order valence-corrected chi connectivity index (χ3v) is 15.1. The molecule has 2 aliphatic heterocycles. The van der Waals surface area contributed by atoms with E-state index < -0.39 is 18.6 Å². The van der Waals surface area contributed by atoms with Gasteiger partial charge in [-0.1, -0.05) is 53.4 Å². The Bertz CT molecular complexity index is 611. The van der Waals surface area contributed by atoms with Gasteiger partial charge in [-0.15, -0.1) is 0 Å². The van der Waals surface area contributed by atoms with E-state index >= 15 is 0 Å². The fourth-order valence-corrected chi connectivity index (χ4v) is 14.1. The van der Waals surface area contributed by atoms with Crippen molar-refractivity contribution in [2.24, 2.45) is 0 Å². The third-order valence-electron chi connectivity index (χ3n) is 9.09. The van der Waals surface area contributed by atoms with Crippen LogP contribution in [0.2, 0.25) is 10.1 Å². The lowest BCUT2D eigenvalue weighted by atomic mass is 9.84. The minimum atomic E-state index is -3.34. The lowest BCUT2D eigenvalue weighted by Crippen LogP contribution is -2.76. The maximum Gasteiger partial charge on any atom is 0.362 e. The molecule has 0 aliphatic carbocycles. The van der Waals surface area contributed by atoms with Gasteiger partial charge >= 0.3 is 8.56 Å². The van der Waals surface area contributed by atoms with Crippen LogP contribution in [0.5, 0.6) is 0 Å². The summed E-state index contributed by atoms with van der Waals surface area (Å²) in [6.07, 6.45) is 10.2. The zero-order chi connectivity index (χ0) is 29.1. The van der Waals surface area contributed by atoms with Gasteiger partial charge in [0, 0.05) is 38.6 Å². The number of hydrogen-bond donors (Lipinski definition) is 0. The molecule has 2 fully saturated rings. The highest BCUT2D eigenvalue weighted by Crippen LogP contribution is 2.68. The number of rotatable bonds is 22. The lowest BCUT2D eigenvalue weighted by Gasteiger charge is -2.66. The van der Waals surface area contributed by atoms with E-state index in [0.29, 0.717) is 0 Å². The highest BCUT2D eigenvalue weighted by atomic mass is 28.4. The fraction of sp³-hybridized carbons (Fsp3) is 1.00. The SMILES string of the molecule is CCCCOC(C)C(CCC)(C1CCO1)[Si](OC(C)C)(OC(C)C)C(CCC)(C(C)OCCCC)C1CCO1. The van der Waals surface area contributed by atoms with Crippen LogP contribution in [0.1, 0.15) is 133 Å². The Morgan fingerprint density at radius 3 is 1.23 bits per heavy atom. The van der Waals surface area contributed by atoms with Crippen LogP contribution in [0.4, 0.5) is 0 Å². The number of hydrogen-bond acceptors (Lipinski definition) is 6. The molecule has 2 saturated heterocycles. The summed E-state index contributed by atoms with van der Waals surface area (Å²) in [6.45, 7) is 25.3. The molecule has 0 radical (unpaired) electrons. The Morgan fingerprint density at radius 2 is 1.00 bits per heavy atom. The minimum Gasteiger partial charge on any atom is -0.391 e. The van der Waals surface area contributed by atoms with Crippen LogP contribution in [0, 0.1) is 0 Å². The largest absolute Gasteiger partial charge is 0.391 e. The van der Waals surface area contributed by atoms with Crippen molar-refractivity contribution < 1.29 is 27.8 Å². The van der Waals surface area contributed by atoms with Crippen LogP contribution in [0.3, 0.4) is 0 Å². The molecule has 0 saturated carbocycles. The van der Waals surface area contributed by atoms with E-state index in [1.54, 1.807) is 0 Å². The first-order chi connectivity index (χ1) is 18.6. The molecule has 6 nitrogen and oxygen atoms in total. The quantitative estimate of drug-likeness (QED) is 0.0960. The van der Waals surface area contributed by atoms with E-state index in [1.165, 1.54) is 0 Å². The summed E-state index contributed by atoms with van der Waals surface area (Å²) in [5, 5.41) is -0.808. The Kier molecular flexibility index (Phi) is 14.9. The highest BCUT2D eigenvalue weighted by Gasteiger charge is 2.78. The summed E-state index contributed by atoms with van der Waals surface area (Å²) >= 11 is 0. The monoisotopic (exact) mass is 572 g/mol. The van der Waals surface area contributed by atoms with Crippen LogP contribution >= 0.6 is 0 Å². The average Bonchev–Trinajstić information content (AvgIpc) is 2.79. The van der Waals surface area contributed by atoms with Gasteiger partial charge in [0.25, 0.3) is 0 Å². The van der Waals surface area contributed by atoms with Crippen molar-refractivity contribution in [3.8, 4) is 0 Å². The molecule has 0 aromatic rings. The van der Waals surface area contributed by atoms with Crippen molar-refractivity contribution in [1.29, 1.82) is 0 Å². The molecule has 232 valence electrons. The maximum atomic E-state index is 7.55. The van der Waals surface area contributed by atoms with Crippen LogP contribution in [0.15, 0.2) is 0 Å². The number of unbranched alkanes of at least 4 members (excludes halogenated alkanes) is 2. The Hall–Kier alpha value is -0.0231. The first-order valence-corrected chi connectivity index (χ1v) is 18.3. The second-order valence-electron chi connectivity index (χ2n) is 12.6. The number of ether oxygens (including phenoxy) is 4. The van der Waals surface area contributed by atoms with Crippen LogP contribution < -0.4 is 0 Å². The molecule has 0 spiro atoms. The van der Waals surface area contributed by atoms with Gasteiger partial charge in [-0.3, -0.25) is 0 Å². The molecule has 2 rings (SSSR count). The van der Waals surface area contributed by atoms with E-state index in [0.717, 1.165) is 90.6 Å². The van der Waals surface area contributed by atoms with Gasteiger partial charge in [0.1, 0.15) is 0 Å². The van der Waals surface area contributed by atoms with Crippen LogP contribution in [-0.2, 0) is 27.8 Å². The van der Waals surface area contributed by atoms with Gasteiger partial charge in [-0.2, -0.15) is 0 Å². The molecule has 0 aromatic carbocycles. The minimum absolute atomic E-state index is 0.00582. The fourth-order valence-electron chi connectivity index (χ4n) is 7.32. The average molecular weight is 573 g/mol. The van der Waals surface area contributed by atoms with Gasteiger partial charge in [0.05, 0.1) is 34.5 Å². The predicted molar refractivity (Wildman–Crippen MR) is 163 cm³/mol. The van der Waals surface area contributed by atoms with E-state index in [2.05, 4.69) is 69.2 Å². The molecular weight excluding hydrogens is 508 g/mol. The molecule has 0 N–H and O–H groups in total. The molecule has 6 atom stereocenters. The smallest absolute Gasteiger partial charge is 0.362 e. The van der Waals surface area contributed by atoms with E-state index in [4.69, 9.17) is 27.8 Å². The van der Waals surface area contributed by atoms with E-state index in [1.807, 2.05) is 0 Å². The Balaban J connectivity index is 2.94. The van der Waals surface area contributed by atoms with Crippen molar-refractivity contribution in [1.82, 2.24) is 0 Å². The molecular formula is C32H64O6Si. The van der Waals surface area contributed by atoms with Gasteiger partial charge in [-0.05, 0) is 80.1 Å². The molecule has 0 aromatic heterocycles. The summed E-state index contributed by atoms with van der Waals surface area (Å²) in [6, 6.07) is 0. The topological polar surface area (TPSA) is 55.4 Å². The van der Waals surface area contributed by atoms with Crippen molar-refractivity contribution in [2.75, 3.05) is 26.4 Å². The second kappa shape index (κ2) is 16.6. The Labute approximate surface area is 242 Å². The highest BCUT2D eigenvalue weighted by molar-refractivity contribution is 6.75. The first-order valence-electron chi connectivity index (χ1n) is 16.4. The van der Waals surface area contributed by atoms with Crippen molar-refractivity contribution >= 4 is 8.56 Å². The van der Waals surface area contributed by atoms with Gasteiger partial charge < -0.3 is 27.8 Å². The second-order valence-corrected chi connectivity index (χ2v) is 16.1. The van der Waals surface area contributed by atoms with Gasteiger partial charge in [0.15, 0.2) is 0 Å². The van der Waals surface area contributed by atoms with Crippen LogP contribution in [-0.4, -0.2) is 71.6 Å². The Morgan fingerprint density at radius 1 is 0.641 bits per heavy atom.